The third-order valence-electron chi connectivity index (χ3n) is 3.43. The van der Waals surface area contributed by atoms with E-state index in [4.69, 9.17) is 5.73 Å². The number of benzene rings is 1. The van der Waals surface area contributed by atoms with Crippen LogP contribution in [0.5, 0.6) is 0 Å². The van der Waals surface area contributed by atoms with Gasteiger partial charge in [0.05, 0.1) is 9.47 Å². The summed E-state index contributed by atoms with van der Waals surface area (Å²) in [5.74, 6) is 0. The molecule has 0 saturated heterocycles. The van der Waals surface area contributed by atoms with Crippen molar-refractivity contribution in [3.8, 4) is 0 Å². The van der Waals surface area contributed by atoms with Crippen LogP contribution in [-0.2, 0) is 16.4 Å². The highest BCUT2D eigenvalue weighted by molar-refractivity contribution is 9.11. The van der Waals surface area contributed by atoms with Crippen molar-refractivity contribution in [2.24, 2.45) is 0 Å². The quantitative estimate of drug-likeness (QED) is 0.823. The molecule has 2 N–H and O–H groups in total. The van der Waals surface area contributed by atoms with Gasteiger partial charge in [-0.2, -0.15) is 0 Å². The van der Waals surface area contributed by atoms with E-state index in [-0.39, 0.29) is 0 Å². The zero-order valence-corrected chi connectivity index (χ0v) is 14.0. The van der Waals surface area contributed by atoms with Crippen molar-refractivity contribution >= 4 is 48.7 Å². The lowest BCUT2D eigenvalue weighted by Crippen LogP contribution is -2.29. The Hall–Kier alpha value is -1.05. The van der Waals surface area contributed by atoms with E-state index in [1.807, 2.05) is 13.0 Å². The molecule has 106 valence electrons. The lowest BCUT2D eigenvalue weighted by molar-refractivity contribution is 0.592. The van der Waals surface area contributed by atoms with E-state index in [2.05, 4.69) is 15.9 Å². The number of nitrogens with zero attached hydrogens (tertiary/aromatic N) is 1. The van der Waals surface area contributed by atoms with Gasteiger partial charge in [-0.3, -0.25) is 4.31 Å². The van der Waals surface area contributed by atoms with Gasteiger partial charge in [-0.25, -0.2) is 8.42 Å². The van der Waals surface area contributed by atoms with Crippen LogP contribution in [0.4, 0.5) is 11.4 Å². The van der Waals surface area contributed by atoms with Crippen LogP contribution in [0, 0.1) is 6.92 Å². The highest BCUT2D eigenvalue weighted by atomic mass is 79.9. The first kappa shape index (κ1) is 13.9. The molecule has 0 atom stereocenters. The zero-order valence-electron chi connectivity index (χ0n) is 10.8. The molecule has 4 nitrogen and oxygen atoms in total. The maximum atomic E-state index is 12.8. The first-order valence-electron chi connectivity index (χ1n) is 6.07. The number of rotatable bonds is 2. The summed E-state index contributed by atoms with van der Waals surface area (Å²) in [6.45, 7) is 2.26. The molecule has 0 saturated carbocycles. The summed E-state index contributed by atoms with van der Waals surface area (Å²) in [5.41, 5.74) is 8.20. The number of nitrogen functional groups attached to an aromatic ring is 1. The van der Waals surface area contributed by atoms with E-state index in [1.54, 1.807) is 18.2 Å². The Kier molecular flexibility index (Phi) is 3.30. The second-order valence-corrected chi connectivity index (χ2v) is 9.11. The van der Waals surface area contributed by atoms with E-state index in [1.165, 1.54) is 15.6 Å². The monoisotopic (exact) mass is 372 g/mol. The molecule has 2 heterocycles. The smallest absolute Gasteiger partial charge is 0.265 e. The SMILES string of the molecule is Cc1sc(Br)cc1S(=O)(=O)N1CCc2c(N)cccc21. The molecular formula is C13H13BrN2O2S2. The number of anilines is 2. The molecule has 0 radical (unpaired) electrons. The van der Waals surface area contributed by atoms with Crippen molar-refractivity contribution in [1.29, 1.82) is 0 Å². The topological polar surface area (TPSA) is 63.4 Å². The molecule has 0 aliphatic carbocycles. The lowest BCUT2D eigenvalue weighted by atomic mass is 10.1. The molecule has 2 aromatic rings. The molecule has 7 heteroatoms. The summed E-state index contributed by atoms with van der Waals surface area (Å²) < 4.78 is 27.9. The van der Waals surface area contributed by atoms with Gasteiger partial charge in [-0.05, 0) is 47.5 Å². The molecule has 20 heavy (non-hydrogen) atoms. The molecule has 0 unspecified atom stereocenters. The van der Waals surface area contributed by atoms with Gasteiger partial charge >= 0.3 is 0 Å². The summed E-state index contributed by atoms with van der Waals surface area (Å²) in [7, 11) is -3.52. The Balaban J connectivity index is 2.12. The van der Waals surface area contributed by atoms with Crippen LogP contribution in [0.1, 0.15) is 10.4 Å². The van der Waals surface area contributed by atoms with Gasteiger partial charge in [0, 0.05) is 22.7 Å². The number of nitrogens with two attached hydrogens (primary N) is 1. The lowest BCUT2D eigenvalue weighted by Gasteiger charge is -2.19. The van der Waals surface area contributed by atoms with Crippen LogP contribution in [0.2, 0.25) is 0 Å². The van der Waals surface area contributed by atoms with Crippen LogP contribution in [0.25, 0.3) is 0 Å². The van der Waals surface area contributed by atoms with Gasteiger partial charge in [0.15, 0.2) is 0 Å². The summed E-state index contributed by atoms with van der Waals surface area (Å²) in [6.07, 6.45) is 0.658. The molecular weight excluding hydrogens is 360 g/mol. The van der Waals surface area contributed by atoms with Gasteiger partial charge in [-0.1, -0.05) is 6.07 Å². The summed E-state index contributed by atoms with van der Waals surface area (Å²) in [6, 6.07) is 7.08. The highest BCUT2D eigenvalue weighted by Crippen LogP contribution is 2.38. The van der Waals surface area contributed by atoms with Gasteiger partial charge in [0.1, 0.15) is 4.90 Å². The molecule has 1 aliphatic heterocycles. The van der Waals surface area contributed by atoms with Crippen LogP contribution >= 0.6 is 27.3 Å². The minimum absolute atomic E-state index is 0.365. The summed E-state index contributed by atoms with van der Waals surface area (Å²) in [5, 5.41) is 0. The maximum Gasteiger partial charge on any atom is 0.265 e. The van der Waals surface area contributed by atoms with Crippen LogP contribution in [-0.4, -0.2) is 15.0 Å². The average Bonchev–Trinajstić information content (AvgIpc) is 2.94. The van der Waals surface area contributed by atoms with Gasteiger partial charge < -0.3 is 5.73 Å². The standard InChI is InChI=1S/C13H13BrN2O2S2/c1-8-12(7-13(14)19-8)20(17,18)16-6-5-9-10(15)3-2-4-11(9)16/h2-4,7H,5-6,15H2,1H3. The zero-order chi connectivity index (χ0) is 14.5. The largest absolute Gasteiger partial charge is 0.398 e. The van der Waals surface area contributed by atoms with Crippen molar-refractivity contribution in [1.82, 2.24) is 0 Å². The number of sulfonamides is 1. The third kappa shape index (κ3) is 2.04. The van der Waals surface area contributed by atoms with Crippen molar-refractivity contribution in [3.63, 3.8) is 0 Å². The fourth-order valence-electron chi connectivity index (χ4n) is 2.49. The average molecular weight is 373 g/mol. The molecule has 0 amide bonds. The summed E-state index contributed by atoms with van der Waals surface area (Å²) >= 11 is 4.77. The van der Waals surface area contributed by atoms with Crippen molar-refractivity contribution in [2.45, 2.75) is 18.2 Å². The number of halogens is 1. The van der Waals surface area contributed by atoms with E-state index >= 15 is 0 Å². The maximum absolute atomic E-state index is 12.8. The molecule has 0 bridgehead atoms. The van der Waals surface area contributed by atoms with Crippen LogP contribution in [0.15, 0.2) is 32.9 Å². The molecule has 0 fully saturated rings. The number of hydrogen-bond donors (Lipinski definition) is 1. The van der Waals surface area contributed by atoms with E-state index in [9.17, 15) is 8.42 Å². The van der Waals surface area contributed by atoms with Crippen LogP contribution < -0.4 is 10.0 Å². The third-order valence-corrected chi connectivity index (χ3v) is 7.05. The Labute approximate surface area is 130 Å². The predicted octanol–water partition coefficient (Wildman–Crippen LogP) is 3.15. The fraction of sp³-hybridized carbons (Fsp3) is 0.231. The normalized spacial score (nSPS) is 14.6. The number of thiophene rings is 1. The Morgan fingerprint density at radius 2 is 2.15 bits per heavy atom. The first-order chi connectivity index (χ1) is 9.41. The number of fused-ring (bicyclic) bond motifs is 1. The predicted molar refractivity (Wildman–Crippen MR) is 85.8 cm³/mol. The molecule has 3 rings (SSSR count). The minimum Gasteiger partial charge on any atom is -0.398 e. The Morgan fingerprint density at radius 1 is 1.40 bits per heavy atom. The Bertz CT molecular complexity index is 784. The minimum atomic E-state index is -3.52. The van der Waals surface area contributed by atoms with E-state index in [0.29, 0.717) is 29.2 Å². The second-order valence-electron chi connectivity index (χ2n) is 4.64. The van der Waals surface area contributed by atoms with E-state index in [0.717, 1.165) is 14.2 Å². The van der Waals surface area contributed by atoms with Gasteiger partial charge in [-0.15, -0.1) is 11.3 Å². The van der Waals surface area contributed by atoms with Crippen molar-refractivity contribution < 1.29 is 8.42 Å². The Morgan fingerprint density at radius 3 is 2.80 bits per heavy atom. The van der Waals surface area contributed by atoms with Gasteiger partial charge in [0.25, 0.3) is 10.0 Å². The second kappa shape index (κ2) is 4.75. The number of aryl methyl sites for hydroxylation is 1. The van der Waals surface area contributed by atoms with Crippen molar-refractivity contribution in [2.75, 3.05) is 16.6 Å². The molecule has 0 spiro atoms. The fourth-order valence-corrected chi connectivity index (χ4v) is 6.37. The molecule has 1 aromatic heterocycles. The number of hydrogen-bond acceptors (Lipinski definition) is 4. The first-order valence-corrected chi connectivity index (χ1v) is 9.12. The van der Waals surface area contributed by atoms with Gasteiger partial charge in [0.2, 0.25) is 0 Å². The van der Waals surface area contributed by atoms with Crippen LogP contribution in [0.3, 0.4) is 0 Å². The molecule has 1 aliphatic rings. The van der Waals surface area contributed by atoms with Crippen molar-refractivity contribution in [3.05, 3.63) is 38.5 Å². The summed E-state index contributed by atoms with van der Waals surface area (Å²) in [4.78, 5) is 1.15. The molecule has 1 aromatic carbocycles. The highest BCUT2D eigenvalue weighted by Gasteiger charge is 2.33. The van der Waals surface area contributed by atoms with E-state index < -0.39 is 10.0 Å².